The van der Waals surface area contributed by atoms with Crippen LogP contribution in [-0.4, -0.2) is 36.4 Å². The molecule has 134 valence electrons. The zero-order valence-corrected chi connectivity index (χ0v) is 14.5. The molecule has 0 aromatic heterocycles. The van der Waals surface area contributed by atoms with Gasteiger partial charge in [-0.15, -0.1) is 0 Å². The Kier molecular flexibility index (Phi) is 6.68. The third kappa shape index (κ3) is 5.31. The molecule has 6 heteroatoms. The number of esters is 1. The zero-order chi connectivity index (χ0) is 18.9. The van der Waals surface area contributed by atoms with Crippen LogP contribution in [-0.2, 0) is 4.74 Å². The van der Waals surface area contributed by atoms with Crippen LogP contribution >= 0.6 is 0 Å². The van der Waals surface area contributed by atoms with Crippen LogP contribution in [0.4, 0.5) is 4.79 Å². The topological polar surface area (TPSA) is 72.9 Å². The Morgan fingerprint density at radius 2 is 1.62 bits per heavy atom. The van der Waals surface area contributed by atoms with Crippen LogP contribution in [0.5, 0.6) is 5.75 Å². The molecular weight excluding hydrogens is 334 g/mol. The Morgan fingerprint density at radius 1 is 0.962 bits per heavy atom. The lowest BCUT2D eigenvalue weighted by Crippen LogP contribution is -2.22. The number of nitrogens with zero attached hydrogens (tertiary/aromatic N) is 1. The van der Waals surface area contributed by atoms with E-state index in [-0.39, 0.29) is 12.4 Å². The van der Waals surface area contributed by atoms with E-state index in [1.807, 2.05) is 6.07 Å². The van der Waals surface area contributed by atoms with Crippen LogP contribution in [0.3, 0.4) is 0 Å². The van der Waals surface area contributed by atoms with Crippen molar-refractivity contribution in [1.82, 2.24) is 4.90 Å². The number of amides is 1. The number of carbonyl (C=O) groups excluding carboxylic acids is 3. The number of rotatable bonds is 6. The van der Waals surface area contributed by atoms with Crippen molar-refractivity contribution < 1.29 is 23.9 Å². The normalized spacial score (nSPS) is 10.4. The lowest BCUT2D eigenvalue weighted by molar-refractivity contribution is 0.0734. The lowest BCUT2D eigenvalue weighted by atomic mass is 10.1. The van der Waals surface area contributed by atoms with E-state index in [0.717, 1.165) is 0 Å². The molecule has 0 bridgehead atoms. The molecule has 6 nitrogen and oxygen atoms in total. The summed E-state index contributed by atoms with van der Waals surface area (Å²) in [6.45, 7) is 1.96. The van der Waals surface area contributed by atoms with Crippen molar-refractivity contribution in [3.05, 3.63) is 78.0 Å². The summed E-state index contributed by atoms with van der Waals surface area (Å²) in [6.07, 6.45) is 2.06. The lowest BCUT2D eigenvalue weighted by Gasteiger charge is -2.10. The molecule has 0 saturated carbocycles. The van der Waals surface area contributed by atoms with Gasteiger partial charge in [-0.1, -0.05) is 18.2 Å². The third-order valence-corrected chi connectivity index (χ3v) is 3.36. The first-order valence-corrected chi connectivity index (χ1v) is 8.00. The predicted molar refractivity (Wildman–Crippen MR) is 96.1 cm³/mol. The molecule has 2 aromatic carbocycles. The van der Waals surface area contributed by atoms with E-state index in [1.165, 1.54) is 36.4 Å². The van der Waals surface area contributed by atoms with Gasteiger partial charge in [0.2, 0.25) is 0 Å². The molecule has 0 atom stereocenters. The minimum absolute atomic E-state index is 0.258. The highest BCUT2D eigenvalue weighted by atomic mass is 16.6. The summed E-state index contributed by atoms with van der Waals surface area (Å²) < 4.78 is 10.1. The summed E-state index contributed by atoms with van der Waals surface area (Å²) in [5, 5.41) is 0. The molecular formula is C20H19NO5. The molecule has 26 heavy (non-hydrogen) atoms. The van der Waals surface area contributed by atoms with Crippen LogP contribution in [0.25, 0.3) is 0 Å². The number of ether oxygens (including phenoxy) is 2. The highest BCUT2D eigenvalue weighted by molar-refractivity contribution is 6.04. The standard InChI is InChI=1S/C20H19NO5/c1-3-25-20(24)21(2)14-13-18(22)15-9-11-17(12-10-15)26-19(23)16-7-5-4-6-8-16/h4-14H,3H2,1-2H3. The van der Waals surface area contributed by atoms with Crippen LogP contribution in [0.2, 0.25) is 0 Å². The summed E-state index contributed by atoms with van der Waals surface area (Å²) in [4.78, 5) is 36.7. The van der Waals surface area contributed by atoms with Crippen LogP contribution in [0.15, 0.2) is 66.9 Å². The van der Waals surface area contributed by atoms with E-state index in [1.54, 1.807) is 43.3 Å². The number of allylic oxidation sites excluding steroid dienone is 1. The first kappa shape index (κ1) is 18.9. The van der Waals surface area contributed by atoms with Crippen molar-refractivity contribution in [2.24, 2.45) is 0 Å². The van der Waals surface area contributed by atoms with Crippen molar-refractivity contribution in [2.45, 2.75) is 6.92 Å². The van der Waals surface area contributed by atoms with Gasteiger partial charge in [-0.05, 0) is 43.3 Å². The Bertz CT molecular complexity index is 797. The van der Waals surface area contributed by atoms with Gasteiger partial charge in [0, 0.05) is 24.9 Å². The van der Waals surface area contributed by atoms with Crippen LogP contribution in [0, 0.1) is 0 Å². The second kappa shape index (κ2) is 9.17. The van der Waals surface area contributed by atoms with Gasteiger partial charge >= 0.3 is 12.1 Å². The van der Waals surface area contributed by atoms with Gasteiger partial charge in [0.05, 0.1) is 12.2 Å². The van der Waals surface area contributed by atoms with Crippen molar-refractivity contribution in [3.8, 4) is 5.75 Å². The van der Waals surface area contributed by atoms with E-state index >= 15 is 0 Å². The van der Waals surface area contributed by atoms with E-state index < -0.39 is 12.1 Å². The minimum Gasteiger partial charge on any atom is -0.449 e. The molecule has 2 rings (SSSR count). The summed E-state index contributed by atoms with van der Waals surface area (Å²) >= 11 is 0. The average Bonchev–Trinajstić information content (AvgIpc) is 2.67. The number of hydrogen-bond acceptors (Lipinski definition) is 5. The molecule has 0 saturated heterocycles. The molecule has 0 aliphatic rings. The fraction of sp³-hybridized carbons (Fsp3) is 0.150. The first-order chi connectivity index (χ1) is 12.5. The molecule has 0 N–H and O–H groups in total. The summed E-state index contributed by atoms with van der Waals surface area (Å²) in [5.41, 5.74) is 0.843. The molecule has 2 aromatic rings. The van der Waals surface area contributed by atoms with Crippen molar-refractivity contribution in [1.29, 1.82) is 0 Å². The SMILES string of the molecule is CCOC(=O)N(C)C=CC(=O)c1ccc(OC(=O)c2ccccc2)cc1. The van der Waals surface area contributed by atoms with E-state index in [4.69, 9.17) is 9.47 Å². The monoisotopic (exact) mass is 353 g/mol. The molecule has 0 heterocycles. The summed E-state index contributed by atoms with van der Waals surface area (Å²) in [7, 11) is 1.49. The number of carbonyl (C=O) groups is 3. The van der Waals surface area contributed by atoms with Crippen molar-refractivity contribution in [2.75, 3.05) is 13.7 Å². The van der Waals surface area contributed by atoms with Gasteiger partial charge < -0.3 is 9.47 Å². The number of benzene rings is 2. The highest BCUT2D eigenvalue weighted by Gasteiger charge is 2.10. The minimum atomic E-state index is -0.542. The largest absolute Gasteiger partial charge is 0.449 e. The Labute approximate surface area is 151 Å². The summed E-state index contributed by atoms with van der Waals surface area (Å²) in [5.74, 6) is -0.425. The number of hydrogen-bond donors (Lipinski definition) is 0. The fourth-order valence-electron chi connectivity index (χ4n) is 1.99. The summed E-state index contributed by atoms with van der Waals surface area (Å²) in [6, 6.07) is 14.8. The van der Waals surface area contributed by atoms with Crippen molar-refractivity contribution >= 4 is 17.8 Å². The zero-order valence-electron chi connectivity index (χ0n) is 14.5. The molecule has 0 aliphatic heterocycles. The van der Waals surface area contributed by atoms with Gasteiger partial charge in [0.25, 0.3) is 0 Å². The second-order valence-electron chi connectivity index (χ2n) is 5.27. The maximum Gasteiger partial charge on any atom is 0.413 e. The van der Waals surface area contributed by atoms with E-state index in [2.05, 4.69) is 0 Å². The average molecular weight is 353 g/mol. The fourth-order valence-corrected chi connectivity index (χ4v) is 1.99. The maximum atomic E-state index is 12.1. The van der Waals surface area contributed by atoms with Gasteiger partial charge in [-0.3, -0.25) is 9.69 Å². The molecule has 0 aliphatic carbocycles. The highest BCUT2D eigenvalue weighted by Crippen LogP contribution is 2.15. The van der Waals surface area contributed by atoms with Crippen molar-refractivity contribution in [3.63, 3.8) is 0 Å². The van der Waals surface area contributed by atoms with Gasteiger partial charge in [-0.25, -0.2) is 9.59 Å². The second-order valence-corrected chi connectivity index (χ2v) is 5.27. The quantitative estimate of drug-likeness (QED) is 0.343. The Balaban J connectivity index is 1.97. The van der Waals surface area contributed by atoms with Gasteiger partial charge in [0.1, 0.15) is 5.75 Å². The molecule has 1 amide bonds. The molecule has 0 fully saturated rings. The molecule has 0 unspecified atom stereocenters. The van der Waals surface area contributed by atoms with E-state index in [0.29, 0.717) is 16.9 Å². The Hall–Kier alpha value is -3.41. The predicted octanol–water partition coefficient (Wildman–Crippen LogP) is 3.69. The maximum absolute atomic E-state index is 12.1. The first-order valence-electron chi connectivity index (χ1n) is 8.00. The smallest absolute Gasteiger partial charge is 0.413 e. The van der Waals surface area contributed by atoms with Gasteiger partial charge in [0.15, 0.2) is 5.78 Å². The molecule has 0 radical (unpaired) electrons. The third-order valence-electron chi connectivity index (χ3n) is 3.36. The molecule has 0 spiro atoms. The van der Waals surface area contributed by atoms with Gasteiger partial charge in [-0.2, -0.15) is 0 Å². The van der Waals surface area contributed by atoms with E-state index in [9.17, 15) is 14.4 Å². The van der Waals surface area contributed by atoms with Crippen LogP contribution < -0.4 is 4.74 Å². The number of ketones is 1. The van der Waals surface area contributed by atoms with Crippen LogP contribution in [0.1, 0.15) is 27.6 Å². The Morgan fingerprint density at radius 3 is 2.23 bits per heavy atom.